The molecule has 1 aromatic carbocycles. The number of rotatable bonds is 5. The van der Waals surface area contributed by atoms with Crippen LogP contribution in [0, 0.1) is 6.92 Å². The molecule has 20 heavy (non-hydrogen) atoms. The van der Waals surface area contributed by atoms with E-state index in [0.29, 0.717) is 18.9 Å². The molecule has 104 valence electrons. The standard InChI is InChI=1S/C16H19N3O/c1-12-5-4-6-14(9-12)15-10-17-16(18-11-15)19(3)8-7-13(2)20/h4-6,9-11H,7-8H2,1-3H3. The first-order valence-corrected chi connectivity index (χ1v) is 6.66. The van der Waals surface area contributed by atoms with E-state index in [2.05, 4.69) is 29.0 Å². The highest BCUT2D eigenvalue weighted by molar-refractivity contribution is 5.76. The number of Topliss-reactive ketones (excluding diaryl/α,β-unsaturated/α-hetero) is 1. The fourth-order valence-electron chi connectivity index (χ4n) is 1.92. The second kappa shape index (κ2) is 6.28. The third kappa shape index (κ3) is 3.63. The zero-order valence-electron chi connectivity index (χ0n) is 12.1. The number of nitrogens with zero attached hydrogens (tertiary/aromatic N) is 3. The number of anilines is 1. The minimum Gasteiger partial charge on any atom is -0.343 e. The molecule has 0 aliphatic rings. The van der Waals surface area contributed by atoms with Gasteiger partial charge in [0, 0.05) is 38.0 Å². The SMILES string of the molecule is CC(=O)CCN(C)c1ncc(-c2cccc(C)c2)cn1. The average Bonchev–Trinajstić information content (AvgIpc) is 2.45. The Kier molecular flexibility index (Phi) is 4.45. The molecule has 0 aliphatic carbocycles. The number of hydrogen-bond acceptors (Lipinski definition) is 4. The summed E-state index contributed by atoms with van der Waals surface area (Å²) >= 11 is 0. The van der Waals surface area contributed by atoms with Crippen LogP contribution < -0.4 is 4.90 Å². The van der Waals surface area contributed by atoms with Crippen molar-refractivity contribution < 1.29 is 4.79 Å². The molecule has 0 aliphatic heterocycles. The van der Waals surface area contributed by atoms with Gasteiger partial charge in [-0.25, -0.2) is 9.97 Å². The van der Waals surface area contributed by atoms with Crippen LogP contribution in [0.2, 0.25) is 0 Å². The van der Waals surface area contributed by atoms with Crippen molar-refractivity contribution in [3.8, 4) is 11.1 Å². The molecule has 0 saturated heterocycles. The lowest BCUT2D eigenvalue weighted by Crippen LogP contribution is -2.22. The van der Waals surface area contributed by atoms with E-state index in [-0.39, 0.29) is 5.78 Å². The fraction of sp³-hybridized carbons (Fsp3) is 0.312. The zero-order chi connectivity index (χ0) is 14.5. The largest absolute Gasteiger partial charge is 0.343 e. The molecule has 2 rings (SSSR count). The van der Waals surface area contributed by atoms with Crippen molar-refractivity contribution in [1.82, 2.24) is 9.97 Å². The topological polar surface area (TPSA) is 46.1 Å². The van der Waals surface area contributed by atoms with Gasteiger partial charge in [0.1, 0.15) is 5.78 Å². The zero-order valence-corrected chi connectivity index (χ0v) is 12.1. The molecular weight excluding hydrogens is 250 g/mol. The Bertz CT molecular complexity index is 593. The van der Waals surface area contributed by atoms with E-state index in [9.17, 15) is 4.79 Å². The van der Waals surface area contributed by atoms with E-state index in [1.54, 1.807) is 6.92 Å². The van der Waals surface area contributed by atoms with Crippen LogP contribution in [0.25, 0.3) is 11.1 Å². The summed E-state index contributed by atoms with van der Waals surface area (Å²) < 4.78 is 0. The molecule has 0 spiro atoms. The molecule has 0 saturated carbocycles. The van der Waals surface area contributed by atoms with Gasteiger partial charge in [0.05, 0.1) is 0 Å². The lowest BCUT2D eigenvalue weighted by molar-refractivity contribution is -0.116. The monoisotopic (exact) mass is 269 g/mol. The maximum atomic E-state index is 11.0. The van der Waals surface area contributed by atoms with Crippen molar-refractivity contribution >= 4 is 11.7 Å². The second-order valence-electron chi connectivity index (χ2n) is 5.01. The van der Waals surface area contributed by atoms with Gasteiger partial charge in [-0.3, -0.25) is 4.79 Å². The van der Waals surface area contributed by atoms with Gasteiger partial charge in [0.2, 0.25) is 5.95 Å². The van der Waals surface area contributed by atoms with E-state index < -0.39 is 0 Å². The molecule has 0 atom stereocenters. The van der Waals surface area contributed by atoms with Gasteiger partial charge in [-0.05, 0) is 19.4 Å². The molecule has 0 N–H and O–H groups in total. The van der Waals surface area contributed by atoms with Gasteiger partial charge in [-0.15, -0.1) is 0 Å². The van der Waals surface area contributed by atoms with Gasteiger partial charge in [0.25, 0.3) is 0 Å². The first-order valence-electron chi connectivity index (χ1n) is 6.66. The van der Waals surface area contributed by atoms with Gasteiger partial charge in [-0.1, -0.05) is 29.8 Å². The highest BCUT2D eigenvalue weighted by Gasteiger charge is 2.06. The van der Waals surface area contributed by atoms with Crippen molar-refractivity contribution in [2.75, 3.05) is 18.5 Å². The molecule has 0 fully saturated rings. The third-order valence-electron chi connectivity index (χ3n) is 3.13. The van der Waals surface area contributed by atoms with Crippen molar-refractivity contribution in [1.29, 1.82) is 0 Å². The van der Waals surface area contributed by atoms with E-state index >= 15 is 0 Å². The molecule has 4 heteroatoms. The molecular formula is C16H19N3O. The first kappa shape index (κ1) is 14.2. The fourth-order valence-corrected chi connectivity index (χ4v) is 1.92. The Hall–Kier alpha value is -2.23. The highest BCUT2D eigenvalue weighted by Crippen LogP contribution is 2.19. The number of carbonyl (C=O) groups excluding carboxylic acids is 1. The summed E-state index contributed by atoms with van der Waals surface area (Å²) in [5.74, 6) is 0.816. The van der Waals surface area contributed by atoms with E-state index in [1.165, 1.54) is 5.56 Å². The van der Waals surface area contributed by atoms with E-state index in [4.69, 9.17) is 0 Å². The van der Waals surface area contributed by atoms with Crippen LogP contribution in [-0.4, -0.2) is 29.3 Å². The number of aryl methyl sites for hydroxylation is 1. The smallest absolute Gasteiger partial charge is 0.225 e. The lowest BCUT2D eigenvalue weighted by Gasteiger charge is -2.16. The molecule has 0 amide bonds. The Morgan fingerprint density at radius 3 is 2.50 bits per heavy atom. The summed E-state index contributed by atoms with van der Waals surface area (Å²) in [6.45, 7) is 4.29. The predicted octanol–water partition coefficient (Wildman–Crippen LogP) is 2.87. The van der Waals surface area contributed by atoms with Gasteiger partial charge >= 0.3 is 0 Å². The van der Waals surface area contributed by atoms with Gasteiger partial charge in [-0.2, -0.15) is 0 Å². The average molecular weight is 269 g/mol. The Morgan fingerprint density at radius 2 is 1.90 bits per heavy atom. The van der Waals surface area contributed by atoms with Gasteiger partial charge < -0.3 is 4.90 Å². The van der Waals surface area contributed by atoms with Crippen molar-refractivity contribution in [3.05, 3.63) is 42.2 Å². The summed E-state index contributed by atoms with van der Waals surface area (Å²) in [5, 5.41) is 0. The Labute approximate surface area is 119 Å². The number of ketones is 1. The second-order valence-corrected chi connectivity index (χ2v) is 5.01. The minimum absolute atomic E-state index is 0.174. The summed E-state index contributed by atoms with van der Waals surface area (Å²) in [6, 6.07) is 8.24. The summed E-state index contributed by atoms with van der Waals surface area (Å²) in [4.78, 5) is 21.6. The van der Waals surface area contributed by atoms with Crippen molar-refractivity contribution in [2.45, 2.75) is 20.3 Å². The van der Waals surface area contributed by atoms with Crippen LogP contribution in [0.5, 0.6) is 0 Å². The summed E-state index contributed by atoms with van der Waals surface area (Å²) in [7, 11) is 1.89. The van der Waals surface area contributed by atoms with Crippen LogP contribution in [-0.2, 0) is 4.79 Å². The Morgan fingerprint density at radius 1 is 1.20 bits per heavy atom. The van der Waals surface area contributed by atoms with Crippen LogP contribution in [0.1, 0.15) is 18.9 Å². The summed E-state index contributed by atoms with van der Waals surface area (Å²) in [5.41, 5.74) is 3.32. The highest BCUT2D eigenvalue weighted by atomic mass is 16.1. The van der Waals surface area contributed by atoms with Crippen molar-refractivity contribution in [3.63, 3.8) is 0 Å². The van der Waals surface area contributed by atoms with Crippen LogP contribution in [0.4, 0.5) is 5.95 Å². The predicted molar refractivity (Wildman–Crippen MR) is 80.8 cm³/mol. The molecule has 0 unspecified atom stereocenters. The normalized spacial score (nSPS) is 10.3. The number of hydrogen-bond donors (Lipinski definition) is 0. The molecule has 0 radical (unpaired) electrons. The van der Waals surface area contributed by atoms with Gasteiger partial charge in [0.15, 0.2) is 0 Å². The summed E-state index contributed by atoms with van der Waals surface area (Å²) in [6.07, 6.45) is 4.15. The molecule has 2 aromatic rings. The number of aromatic nitrogens is 2. The number of benzene rings is 1. The Balaban J connectivity index is 2.12. The molecule has 4 nitrogen and oxygen atoms in total. The quantitative estimate of drug-likeness (QED) is 0.837. The van der Waals surface area contributed by atoms with Crippen LogP contribution in [0.15, 0.2) is 36.7 Å². The maximum Gasteiger partial charge on any atom is 0.225 e. The first-order chi connectivity index (χ1) is 9.56. The number of carbonyl (C=O) groups is 1. The van der Waals surface area contributed by atoms with Crippen LogP contribution >= 0.6 is 0 Å². The minimum atomic E-state index is 0.174. The third-order valence-corrected chi connectivity index (χ3v) is 3.13. The molecule has 1 heterocycles. The van der Waals surface area contributed by atoms with Crippen LogP contribution in [0.3, 0.4) is 0 Å². The lowest BCUT2D eigenvalue weighted by atomic mass is 10.1. The molecule has 1 aromatic heterocycles. The van der Waals surface area contributed by atoms with E-state index in [0.717, 1.165) is 11.1 Å². The molecule has 0 bridgehead atoms. The van der Waals surface area contributed by atoms with Crippen molar-refractivity contribution in [2.24, 2.45) is 0 Å². The maximum absolute atomic E-state index is 11.0. The van der Waals surface area contributed by atoms with E-state index in [1.807, 2.05) is 36.5 Å².